The summed E-state index contributed by atoms with van der Waals surface area (Å²) in [6, 6.07) is 0. The largest absolute Gasteiger partial charge is 0.467 e. The first-order valence-electron chi connectivity index (χ1n) is 5.42. The molecule has 0 N–H and O–H groups in total. The summed E-state index contributed by atoms with van der Waals surface area (Å²) in [5.41, 5.74) is -0.316. The summed E-state index contributed by atoms with van der Waals surface area (Å²) in [5, 5.41) is 0. The van der Waals surface area contributed by atoms with Crippen molar-refractivity contribution in [2.75, 3.05) is 7.11 Å². The van der Waals surface area contributed by atoms with Crippen molar-refractivity contribution >= 4 is 21.3 Å². The summed E-state index contributed by atoms with van der Waals surface area (Å²) in [6.45, 7) is 9.65. The second-order valence-corrected chi connectivity index (χ2v) is 7.53. The van der Waals surface area contributed by atoms with Gasteiger partial charge in [0.05, 0.1) is 13.0 Å². The van der Waals surface area contributed by atoms with E-state index >= 15 is 0 Å². The molecule has 1 unspecified atom stereocenters. The fourth-order valence-corrected chi connectivity index (χ4v) is 2.29. The molecule has 0 aliphatic heterocycles. The van der Waals surface area contributed by atoms with Crippen LogP contribution < -0.4 is 0 Å². The van der Waals surface area contributed by atoms with Crippen LogP contribution in [0.25, 0.3) is 0 Å². The molecule has 94 valence electrons. The second kappa shape index (κ2) is 6.15. The van der Waals surface area contributed by atoms with Gasteiger partial charge < -0.3 is 14.0 Å². The van der Waals surface area contributed by atoms with Crippen molar-refractivity contribution in [1.29, 1.82) is 0 Å². The number of hydrogen-bond donors (Lipinski definition) is 0. The molecule has 0 aromatic carbocycles. The molecule has 0 aliphatic rings. The minimum absolute atomic E-state index is 0.316. The second-order valence-electron chi connectivity index (χ2n) is 5.16. The van der Waals surface area contributed by atoms with Crippen LogP contribution in [0.5, 0.6) is 0 Å². The van der Waals surface area contributed by atoms with E-state index in [2.05, 4.69) is 0 Å². The molecule has 4 nitrogen and oxygen atoms in total. The highest BCUT2D eigenvalue weighted by Crippen LogP contribution is 2.29. The van der Waals surface area contributed by atoms with E-state index in [1.54, 1.807) is 0 Å². The van der Waals surface area contributed by atoms with Crippen LogP contribution in [0.3, 0.4) is 0 Å². The molecular weight excluding hydrogens is 224 g/mol. The van der Waals surface area contributed by atoms with Crippen molar-refractivity contribution in [2.45, 2.75) is 40.0 Å². The van der Waals surface area contributed by atoms with Crippen LogP contribution in [0.15, 0.2) is 0 Å². The van der Waals surface area contributed by atoms with E-state index in [-0.39, 0.29) is 5.41 Å². The standard InChI is InChI=1S/C11H22O4Si/c1-11(2,3)8(7-12)9(10(13)14-4)15-16(5)6/h7-9,16H,1-6H3/t8-,9?/m1/s1. The van der Waals surface area contributed by atoms with E-state index in [0.29, 0.717) is 0 Å². The van der Waals surface area contributed by atoms with Gasteiger partial charge in [0, 0.05) is 0 Å². The Kier molecular flexibility index (Phi) is 5.89. The van der Waals surface area contributed by atoms with Gasteiger partial charge in [-0.1, -0.05) is 20.8 Å². The van der Waals surface area contributed by atoms with Gasteiger partial charge in [-0.05, 0) is 18.5 Å². The van der Waals surface area contributed by atoms with Gasteiger partial charge in [0.25, 0.3) is 0 Å². The lowest BCUT2D eigenvalue weighted by molar-refractivity contribution is -0.155. The zero-order chi connectivity index (χ0) is 12.9. The molecule has 0 radical (unpaired) electrons. The topological polar surface area (TPSA) is 52.6 Å². The minimum Gasteiger partial charge on any atom is -0.467 e. The molecule has 0 fully saturated rings. The van der Waals surface area contributed by atoms with E-state index < -0.39 is 27.0 Å². The van der Waals surface area contributed by atoms with Gasteiger partial charge in [-0.2, -0.15) is 0 Å². The van der Waals surface area contributed by atoms with Gasteiger partial charge in [-0.15, -0.1) is 0 Å². The number of rotatable bonds is 5. The molecule has 0 aromatic rings. The van der Waals surface area contributed by atoms with Crippen molar-refractivity contribution < 1.29 is 18.8 Å². The maximum absolute atomic E-state index is 11.6. The third-order valence-corrected chi connectivity index (χ3v) is 3.16. The Morgan fingerprint density at radius 2 is 1.81 bits per heavy atom. The first kappa shape index (κ1) is 15.3. The van der Waals surface area contributed by atoms with E-state index in [4.69, 9.17) is 9.16 Å². The lowest BCUT2D eigenvalue weighted by Crippen LogP contribution is -2.43. The third-order valence-electron chi connectivity index (χ3n) is 2.33. The molecular formula is C11H22O4Si. The molecule has 0 spiro atoms. The average Bonchev–Trinajstić information content (AvgIpc) is 2.13. The maximum Gasteiger partial charge on any atom is 0.334 e. The summed E-state index contributed by atoms with van der Waals surface area (Å²) >= 11 is 0. The molecule has 0 bridgehead atoms. The zero-order valence-electron chi connectivity index (χ0n) is 10.9. The zero-order valence-corrected chi connectivity index (χ0v) is 12.1. The Balaban J connectivity index is 4.98. The first-order chi connectivity index (χ1) is 7.23. The lowest BCUT2D eigenvalue weighted by Gasteiger charge is -2.32. The molecule has 0 saturated carbocycles. The molecule has 0 aliphatic carbocycles. The predicted molar refractivity (Wildman–Crippen MR) is 64.8 cm³/mol. The average molecular weight is 246 g/mol. The van der Waals surface area contributed by atoms with Gasteiger partial charge in [-0.3, -0.25) is 0 Å². The highest BCUT2D eigenvalue weighted by molar-refractivity contribution is 6.48. The van der Waals surface area contributed by atoms with Gasteiger partial charge in [0.1, 0.15) is 6.29 Å². The number of carbonyl (C=O) groups excluding carboxylic acids is 2. The molecule has 5 heteroatoms. The number of carbonyl (C=O) groups is 2. The molecule has 16 heavy (non-hydrogen) atoms. The highest BCUT2D eigenvalue weighted by Gasteiger charge is 2.38. The number of esters is 1. The summed E-state index contributed by atoms with van der Waals surface area (Å²) in [6.07, 6.45) is 0.0208. The molecule has 0 heterocycles. The van der Waals surface area contributed by atoms with Crippen LogP contribution in [-0.2, 0) is 18.8 Å². The number of hydrogen-bond acceptors (Lipinski definition) is 4. The van der Waals surface area contributed by atoms with E-state index in [1.165, 1.54) is 7.11 Å². The summed E-state index contributed by atoms with van der Waals surface area (Å²) in [5.74, 6) is -0.942. The van der Waals surface area contributed by atoms with Gasteiger partial charge in [0.15, 0.2) is 15.1 Å². The quantitative estimate of drug-likeness (QED) is 0.418. The van der Waals surface area contributed by atoms with E-state index in [9.17, 15) is 9.59 Å². The van der Waals surface area contributed by atoms with E-state index in [1.807, 2.05) is 33.9 Å². The maximum atomic E-state index is 11.6. The van der Waals surface area contributed by atoms with Crippen molar-refractivity contribution in [3.8, 4) is 0 Å². The Bertz CT molecular complexity index is 245. The van der Waals surface area contributed by atoms with Crippen molar-refractivity contribution in [3.05, 3.63) is 0 Å². The van der Waals surface area contributed by atoms with Crippen LogP contribution in [0.1, 0.15) is 20.8 Å². The van der Waals surface area contributed by atoms with Crippen LogP contribution in [0, 0.1) is 11.3 Å². The molecule has 0 aromatic heterocycles. The van der Waals surface area contributed by atoms with Crippen LogP contribution >= 0.6 is 0 Å². The Hall–Kier alpha value is -0.683. The van der Waals surface area contributed by atoms with E-state index in [0.717, 1.165) is 6.29 Å². The Labute approximate surface area is 99.0 Å². The SMILES string of the molecule is COC(=O)C(O[SiH](C)C)[C@@H](C=O)C(C)(C)C. The monoisotopic (exact) mass is 246 g/mol. The summed E-state index contributed by atoms with van der Waals surface area (Å²) < 4.78 is 10.3. The fourth-order valence-electron chi connectivity index (χ4n) is 1.43. The molecule has 0 saturated heterocycles. The van der Waals surface area contributed by atoms with Crippen molar-refractivity contribution in [1.82, 2.24) is 0 Å². The molecule has 0 amide bonds. The van der Waals surface area contributed by atoms with Gasteiger partial charge >= 0.3 is 5.97 Å². The van der Waals surface area contributed by atoms with Gasteiger partial charge in [0.2, 0.25) is 0 Å². The normalized spacial score (nSPS) is 15.7. The number of ether oxygens (including phenoxy) is 1. The lowest BCUT2D eigenvalue weighted by atomic mass is 9.78. The highest BCUT2D eigenvalue weighted by atomic mass is 28.3. The first-order valence-corrected chi connectivity index (χ1v) is 8.20. The smallest absolute Gasteiger partial charge is 0.334 e. The van der Waals surface area contributed by atoms with Crippen molar-refractivity contribution in [3.63, 3.8) is 0 Å². The van der Waals surface area contributed by atoms with Gasteiger partial charge in [-0.25, -0.2) is 4.79 Å². The third kappa shape index (κ3) is 4.45. The number of methoxy groups -OCH3 is 1. The molecule has 0 rings (SSSR count). The van der Waals surface area contributed by atoms with Crippen molar-refractivity contribution in [2.24, 2.45) is 11.3 Å². The Morgan fingerprint density at radius 1 is 1.31 bits per heavy atom. The predicted octanol–water partition coefficient (Wildman–Crippen LogP) is 1.39. The Morgan fingerprint density at radius 3 is 2.06 bits per heavy atom. The minimum atomic E-state index is -1.40. The van der Waals surface area contributed by atoms with Crippen LogP contribution in [0.2, 0.25) is 13.1 Å². The fraction of sp³-hybridized carbons (Fsp3) is 0.818. The molecule has 2 atom stereocenters. The number of aldehydes is 1. The summed E-state index contributed by atoms with van der Waals surface area (Å²) in [7, 11) is -0.0895. The van der Waals surface area contributed by atoms with Crippen LogP contribution in [0.4, 0.5) is 0 Å². The van der Waals surface area contributed by atoms with Crippen LogP contribution in [-0.4, -0.2) is 34.5 Å². The summed E-state index contributed by atoms with van der Waals surface area (Å²) in [4.78, 5) is 22.7.